The van der Waals surface area contributed by atoms with Crippen molar-refractivity contribution in [1.82, 2.24) is 9.80 Å². The number of rotatable bonds is 5. The van der Waals surface area contributed by atoms with Crippen LogP contribution in [-0.4, -0.2) is 53.9 Å². The van der Waals surface area contributed by atoms with E-state index in [1.54, 1.807) is 12.1 Å². The van der Waals surface area contributed by atoms with Gasteiger partial charge < -0.3 is 19.0 Å². The number of ether oxygens (including phenoxy) is 1. The van der Waals surface area contributed by atoms with Gasteiger partial charge in [0, 0.05) is 25.2 Å². The molecule has 1 unspecified atom stereocenters. The van der Waals surface area contributed by atoms with E-state index in [0.717, 1.165) is 45.3 Å². The van der Waals surface area contributed by atoms with Crippen LogP contribution in [0.1, 0.15) is 46.6 Å². The number of furan rings is 1. The number of nitrogens with zero attached hydrogens (tertiary/aromatic N) is 2. The van der Waals surface area contributed by atoms with Gasteiger partial charge in [0.25, 0.3) is 11.8 Å². The molecular weight excluding hydrogens is 344 g/mol. The van der Waals surface area contributed by atoms with Gasteiger partial charge >= 0.3 is 0 Å². The van der Waals surface area contributed by atoms with Crippen molar-refractivity contribution in [3.05, 3.63) is 54.0 Å². The van der Waals surface area contributed by atoms with Crippen LogP contribution in [0.5, 0.6) is 5.75 Å². The Hall–Kier alpha value is -2.76. The Bertz CT molecular complexity index is 779. The first-order chi connectivity index (χ1) is 13.2. The monoisotopic (exact) mass is 368 g/mol. The number of benzene rings is 1. The highest BCUT2D eigenvalue weighted by atomic mass is 16.5. The van der Waals surface area contributed by atoms with E-state index in [2.05, 4.69) is 0 Å². The molecule has 27 heavy (non-hydrogen) atoms. The number of carbonyl (C=O) groups excluding carboxylic acids is 2. The average molecular weight is 368 g/mol. The molecule has 2 saturated heterocycles. The minimum Gasteiger partial charge on any atom is -0.491 e. The Kier molecular flexibility index (Phi) is 5.14. The fraction of sp³-hybridized carbons (Fsp3) is 0.429. The highest BCUT2D eigenvalue weighted by Crippen LogP contribution is 2.22. The number of hydrogen-bond acceptors (Lipinski definition) is 4. The van der Waals surface area contributed by atoms with E-state index in [0.29, 0.717) is 23.7 Å². The highest BCUT2D eigenvalue weighted by molar-refractivity contribution is 5.94. The van der Waals surface area contributed by atoms with Gasteiger partial charge in [0.05, 0.1) is 12.3 Å². The first-order valence-corrected chi connectivity index (χ1v) is 9.59. The van der Waals surface area contributed by atoms with Crippen LogP contribution in [0.15, 0.2) is 47.1 Å². The Labute approximate surface area is 158 Å². The maximum absolute atomic E-state index is 12.5. The summed E-state index contributed by atoms with van der Waals surface area (Å²) in [6, 6.07) is 10.7. The molecule has 0 aliphatic carbocycles. The van der Waals surface area contributed by atoms with Crippen molar-refractivity contribution in [3.63, 3.8) is 0 Å². The first-order valence-electron chi connectivity index (χ1n) is 9.59. The summed E-state index contributed by atoms with van der Waals surface area (Å²) >= 11 is 0. The van der Waals surface area contributed by atoms with Gasteiger partial charge in [-0.05, 0) is 62.1 Å². The maximum atomic E-state index is 12.5. The molecule has 1 atom stereocenters. The normalized spacial score (nSPS) is 19.5. The molecule has 6 nitrogen and oxygen atoms in total. The molecule has 4 rings (SSSR count). The quantitative estimate of drug-likeness (QED) is 0.813. The van der Waals surface area contributed by atoms with Crippen molar-refractivity contribution >= 4 is 11.8 Å². The molecular formula is C21H24N2O4. The molecule has 0 radical (unpaired) electrons. The lowest BCUT2D eigenvalue weighted by atomic mass is 10.2. The SMILES string of the molecule is O=C(c1ccc(OCC2CCCN2C(=O)c2ccco2)cc1)N1CCCC1. The van der Waals surface area contributed by atoms with Gasteiger partial charge in [-0.15, -0.1) is 0 Å². The summed E-state index contributed by atoms with van der Waals surface area (Å²) in [7, 11) is 0. The molecule has 2 aliphatic rings. The second-order valence-corrected chi connectivity index (χ2v) is 7.11. The summed E-state index contributed by atoms with van der Waals surface area (Å²) in [4.78, 5) is 28.6. The minimum atomic E-state index is -0.0855. The van der Waals surface area contributed by atoms with Crippen molar-refractivity contribution in [2.75, 3.05) is 26.2 Å². The zero-order valence-electron chi connectivity index (χ0n) is 15.3. The van der Waals surface area contributed by atoms with Gasteiger partial charge in [0.1, 0.15) is 12.4 Å². The van der Waals surface area contributed by atoms with Crippen LogP contribution >= 0.6 is 0 Å². The minimum absolute atomic E-state index is 0.0357. The topological polar surface area (TPSA) is 63.0 Å². The van der Waals surface area contributed by atoms with E-state index in [-0.39, 0.29) is 17.9 Å². The molecule has 2 aromatic rings. The zero-order valence-corrected chi connectivity index (χ0v) is 15.3. The van der Waals surface area contributed by atoms with Gasteiger partial charge in [0.15, 0.2) is 5.76 Å². The molecule has 0 spiro atoms. The van der Waals surface area contributed by atoms with Crippen LogP contribution in [0.25, 0.3) is 0 Å². The predicted molar refractivity (Wildman–Crippen MR) is 99.8 cm³/mol. The fourth-order valence-corrected chi connectivity index (χ4v) is 3.81. The van der Waals surface area contributed by atoms with Crippen molar-refractivity contribution < 1.29 is 18.7 Å². The molecule has 0 saturated carbocycles. The molecule has 6 heteroatoms. The smallest absolute Gasteiger partial charge is 0.289 e. The van der Waals surface area contributed by atoms with Crippen molar-refractivity contribution in [1.29, 1.82) is 0 Å². The van der Waals surface area contributed by atoms with Crippen molar-refractivity contribution in [2.24, 2.45) is 0 Å². The van der Waals surface area contributed by atoms with Gasteiger partial charge in [-0.1, -0.05) is 0 Å². The van der Waals surface area contributed by atoms with E-state index in [1.807, 2.05) is 34.1 Å². The van der Waals surface area contributed by atoms with Gasteiger partial charge in [-0.25, -0.2) is 0 Å². The first kappa shape index (κ1) is 17.6. The number of likely N-dealkylation sites (tertiary alicyclic amines) is 2. The van der Waals surface area contributed by atoms with Crippen LogP contribution in [0, 0.1) is 0 Å². The Morgan fingerprint density at radius 3 is 2.48 bits per heavy atom. The summed E-state index contributed by atoms with van der Waals surface area (Å²) in [6.07, 6.45) is 5.56. The van der Waals surface area contributed by atoms with Crippen LogP contribution < -0.4 is 4.74 Å². The van der Waals surface area contributed by atoms with E-state index in [9.17, 15) is 9.59 Å². The van der Waals surface area contributed by atoms with E-state index in [1.165, 1.54) is 6.26 Å². The molecule has 0 bridgehead atoms. The Morgan fingerprint density at radius 2 is 1.78 bits per heavy atom. The fourth-order valence-electron chi connectivity index (χ4n) is 3.81. The van der Waals surface area contributed by atoms with Gasteiger partial charge in [-0.2, -0.15) is 0 Å². The summed E-state index contributed by atoms with van der Waals surface area (Å²) in [5, 5.41) is 0. The summed E-state index contributed by atoms with van der Waals surface area (Å²) in [6.45, 7) is 2.85. The third-order valence-electron chi connectivity index (χ3n) is 5.31. The lowest BCUT2D eigenvalue weighted by Gasteiger charge is -2.24. The molecule has 2 aliphatic heterocycles. The molecule has 0 N–H and O–H groups in total. The van der Waals surface area contributed by atoms with E-state index >= 15 is 0 Å². The third-order valence-corrected chi connectivity index (χ3v) is 5.31. The molecule has 142 valence electrons. The standard InChI is InChI=1S/C21H24N2O4/c24-20(22-11-1-2-12-22)16-7-9-18(10-8-16)27-15-17-5-3-13-23(17)21(25)19-6-4-14-26-19/h4,6-10,14,17H,1-3,5,11-13,15H2. The summed E-state index contributed by atoms with van der Waals surface area (Å²) < 4.78 is 11.1. The van der Waals surface area contributed by atoms with Gasteiger partial charge in [-0.3, -0.25) is 9.59 Å². The van der Waals surface area contributed by atoms with E-state index in [4.69, 9.17) is 9.15 Å². The number of amides is 2. The van der Waals surface area contributed by atoms with Crippen molar-refractivity contribution in [2.45, 2.75) is 31.7 Å². The third kappa shape index (κ3) is 3.84. The second-order valence-electron chi connectivity index (χ2n) is 7.11. The largest absolute Gasteiger partial charge is 0.491 e. The summed E-state index contributed by atoms with van der Waals surface area (Å²) in [5.74, 6) is 1.08. The summed E-state index contributed by atoms with van der Waals surface area (Å²) in [5.41, 5.74) is 0.694. The molecule has 1 aromatic carbocycles. The van der Waals surface area contributed by atoms with Crippen LogP contribution in [0.3, 0.4) is 0 Å². The second kappa shape index (κ2) is 7.86. The van der Waals surface area contributed by atoms with E-state index < -0.39 is 0 Å². The maximum Gasteiger partial charge on any atom is 0.289 e. The lowest BCUT2D eigenvalue weighted by Crippen LogP contribution is -2.38. The lowest BCUT2D eigenvalue weighted by molar-refractivity contribution is 0.0659. The Balaban J connectivity index is 1.34. The van der Waals surface area contributed by atoms with Gasteiger partial charge in [0.2, 0.25) is 0 Å². The molecule has 2 fully saturated rings. The number of carbonyl (C=O) groups is 2. The molecule has 1 aromatic heterocycles. The average Bonchev–Trinajstić information content (AvgIpc) is 3.48. The highest BCUT2D eigenvalue weighted by Gasteiger charge is 2.31. The molecule has 3 heterocycles. The number of hydrogen-bond donors (Lipinski definition) is 0. The van der Waals surface area contributed by atoms with Crippen LogP contribution in [0.2, 0.25) is 0 Å². The van der Waals surface area contributed by atoms with Crippen molar-refractivity contribution in [3.8, 4) is 5.75 Å². The van der Waals surface area contributed by atoms with Crippen LogP contribution in [0.4, 0.5) is 0 Å². The zero-order chi connectivity index (χ0) is 18.6. The molecule has 2 amide bonds. The predicted octanol–water partition coefficient (Wildman–Crippen LogP) is 3.20. The Morgan fingerprint density at radius 1 is 1.00 bits per heavy atom. The van der Waals surface area contributed by atoms with Crippen LogP contribution in [-0.2, 0) is 0 Å².